The van der Waals surface area contributed by atoms with E-state index in [4.69, 9.17) is 4.74 Å². The molecule has 2 aliphatic heterocycles. The minimum atomic E-state index is 0.604. The molecule has 0 saturated carbocycles. The summed E-state index contributed by atoms with van der Waals surface area (Å²) in [4.78, 5) is 0. The summed E-state index contributed by atoms with van der Waals surface area (Å²) in [5, 5.41) is 3.40. The van der Waals surface area contributed by atoms with E-state index in [1.165, 1.54) is 32.4 Å². The topological polar surface area (TPSA) is 21.3 Å². The van der Waals surface area contributed by atoms with Crippen molar-refractivity contribution in [3.63, 3.8) is 0 Å². The van der Waals surface area contributed by atoms with Crippen molar-refractivity contribution in [2.75, 3.05) is 19.7 Å². The molecule has 0 aromatic heterocycles. The molecule has 2 nitrogen and oxygen atoms in total. The van der Waals surface area contributed by atoms with Crippen molar-refractivity contribution in [1.29, 1.82) is 0 Å². The lowest BCUT2D eigenvalue weighted by molar-refractivity contribution is -0.0887. The lowest BCUT2D eigenvalue weighted by Gasteiger charge is -2.36. The van der Waals surface area contributed by atoms with Gasteiger partial charge in [-0.1, -0.05) is 0 Å². The second kappa shape index (κ2) is 2.89. The first-order valence-electron chi connectivity index (χ1n) is 4.29. The zero-order valence-corrected chi connectivity index (χ0v) is 6.31. The zero-order chi connectivity index (χ0) is 6.81. The second-order valence-corrected chi connectivity index (χ2v) is 3.30. The van der Waals surface area contributed by atoms with E-state index in [0.29, 0.717) is 6.10 Å². The molecule has 2 aliphatic rings. The van der Waals surface area contributed by atoms with Crippen LogP contribution in [0.15, 0.2) is 0 Å². The Morgan fingerprint density at radius 2 is 2.20 bits per heavy atom. The fraction of sp³-hybridized carbons (Fsp3) is 1.00. The molecule has 0 amide bonds. The second-order valence-electron chi connectivity index (χ2n) is 3.30. The van der Waals surface area contributed by atoms with Gasteiger partial charge >= 0.3 is 0 Å². The van der Waals surface area contributed by atoms with Crippen molar-refractivity contribution in [1.82, 2.24) is 5.32 Å². The lowest BCUT2D eigenvalue weighted by atomic mass is 9.90. The fourth-order valence-electron chi connectivity index (χ4n) is 1.82. The molecule has 58 valence electrons. The number of hydrogen-bond donors (Lipinski definition) is 1. The average molecular weight is 141 g/mol. The Morgan fingerprint density at radius 3 is 2.70 bits per heavy atom. The van der Waals surface area contributed by atoms with Crippen molar-refractivity contribution < 1.29 is 4.74 Å². The van der Waals surface area contributed by atoms with Crippen LogP contribution in [0.5, 0.6) is 0 Å². The standard InChI is InChI=1S/C8H15NO/c1-2-7(6-9-4-1)8-3-5-10-8/h7-9H,1-6H2/t7-,8+/m0/s1. The van der Waals surface area contributed by atoms with E-state index in [1.54, 1.807) is 0 Å². The minimum absolute atomic E-state index is 0.604. The van der Waals surface area contributed by atoms with Crippen LogP contribution in [0.2, 0.25) is 0 Å². The Balaban J connectivity index is 1.78. The Morgan fingerprint density at radius 1 is 1.30 bits per heavy atom. The van der Waals surface area contributed by atoms with Crippen LogP contribution in [0.1, 0.15) is 19.3 Å². The van der Waals surface area contributed by atoms with Crippen LogP contribution in [-0.4, -0.2) is 25.8 Å². The summed E-state index contributed by atoms with van der Waals surface area (Å²) in [6.07, 6.45) is 4.61. The van der Waals surface area contributed by atoms with E-state index in [9.17, 15) is 0 Å². The lowest BCUT2D eigenvalue weighted by Crippen LogP contribution is -2.42. The molecular formula is C8H15NO. The van der Waals surface area contributed by atoms with Crippen molar-refractivity contribution in [3.8, 4) is 0 Å². The summed E-state index contributed by atoms with van der Waals surface area (Å²) in [5.74, 6) is 0.822. The van der Waals surface area contributed by atoms with Crippen LogP contribution in [0.25, 0.3) is 0 Å². The van der Waals surface area contributed by atoms with Crippen molar-refractivity contribution >= 4 is 0 Å². The smallest absolute Gasteiger partial charge is 0.0637 e. The van der Waals surface area contributed by atoms with E-state index in [-0.39, 0.29) is 0 Å². The van der Waals surface area contributed by atoms with E-state index in [1.807, 2.05) is 0 Å². The molecule has 2 heterocycles. The molecule has 2 atom stereocenters. The molecule has 0 aliphatic carbocycles. The van der Waals surface area contributed by atoms with Gasteiger partial charge in [0.25, 0.3) is 0 Å². The number of ether oxygens (including phenoxy) is 1. The first kappa shape index (κ1) is 6.62. The van der Waals surface area contributed by atoms with Crippen LogP contribution < -0.4 is 5.32 Å². The average Bonchev–Trinajstić information content (AvgIpc) is 1.86. The van der Waals surface area contributed by atoms with Crippen LogP contribution in [0.3, 0.4) is 0 Å². The third kappa shape index (κ3) is 1.18. The molecule has 2 fully saturated rings. The van der Waals surface area contributed by atoms with Gasteiger partial charge in [-0.3, -0.25) is 0 Å². The van der Waals surface area contributed by atoms with E-state index < -0.39 is 0 Å². The summed E-state index contributed by atoms with van der Waals surface area (Å²) in [5.41, 5.74) is 0. The minimum Gasteiger partial charge on any atom is -0.378 e. The van der Waals surface area contributed by atoms with E-state index >= 15 is 0 Å². The van der Waals surface area contributed by atoms with Gasteiger partial charge in [-0.15, -0.1) is 0 Å². The van der Waals surface area contributed by atoms with Gasteiger partial charge in [0.1, 0.15) is 0 Å². The largest absolute Gasteiger partial charge is 0.378 e. The Labute approximate surface area is 61.9 Å². The maximum absolute atomic E-state index is 5.43. The normalized spacial score (nSPS) is 40.8. The number of nitrogens with one attached hydrogen (secondary N) is 1. The molecule has 1 N–H and O–H groups in total. The highest BCUT2D eigenvalue weighted by molar-refractivity contribution is 4.80. The van der Waals surface area contributed by atoms with Gasteiger partial charge in [0.05, 0.1) is 6.10 Å². The van der Waals surface area contributed by atoms with Gasteiger partial charge in [-0.25, -0.2) is 0 Å². The van der Waals surface area contributed by atoms with Crippen LogP contribution in [0.4, 0.5) is 0 Å². The van der Waals surface area contributed by atoms with E-state index in [2.05, 4.69) is 5.32 Å². The first-order chi connectivity index (χ1) is 4.97. The predicted octanol–water partition coefficient (Wildman–Crippen LogP) is 0.775. The summed E-state index contributed by atoms with van der Waals surface area (Å²) in [6, 6.07) is 0. The molecule has 2 rings (SSSR count). The molecule has 0 bridgehead atoms. The van der Waals surface area contributed by atoms with Crippen LogP contribution in [-0.2, 0) is 4.74 Å². The number of piperidine rings is 1. The molecule has 2 saturated heterocycles. The van der Waals surface area contributed by atoms with Gasteiger partial charge in [0.15, 0.2) is 0 Å². The number of hydrogen-bond acceptors (Lipinski definition) is 2. The van der Waals surface area contributed by atoms with Gasteiger partial charge in [0.2, 0.25) is 0 Å². The van der Waals surface area contributed by atoms with Crippen molar-refractivity contribution in [3.05, 3.63) is 0 Å². The number of rotatable bonds is 1. The molecular weight excluding hydrogens is 126 g/mol. The van der Waals surface area contributed by atoms with E-state index in [0.717, 1.165) is 12.5 Å². The highest BCUT2D eigenvalue weighted by atomic mass is 16.5. The van der Waals surface area contributed by atoms with Gasteiger partial charge < -0.3 is 10.1 Å². The molecule has 10 heavy (non-hydrogen) atoms. The summed E-state index contributed by atoms with van der Waals surface area (Å²) >= 11 is 0. The Kier molecular flexibility index (Phi) is 1.91. The SMILES string of the molecule is C1CNC[C@@H]([C@H]2CCO2)C1. The summed E-state index contributed by atoms with van der Waals surface area (Å²) < 4.78 is 5.43. The van der Waals surface area contributed by atoms with Crippen LogP contribution in [0, 0.1) is 5.92 Å². The highest BCUT2D eigenvalue weighted by Crippen LogP contribution is 2.25. The van der Waals surface area contributed by atoms with Crippen molar-refractivity contribution in [2.45, 2.75) is 25.4 Å². The summed E-state index contributed by atoms with van der Waals surface area (Å²) in [6.45, 7) is 3.40. The van der Waals surface area contributed by atoms with Gasteiger partial charge in [0, 0.05) is 13.2 Å². The predicted molar refractivity (Wildman–Crippen MR) is 40.0 cm³/mol. The Hall–Kier alpha value is -0.0800. The monoisotopic (exact) mass is 141 g/mol. The molecule has 0 spiro atoms. The highest BCUT2D eigenvalue weighted by Gasteiger charge is 2.28. The van der Waals surface area contributed by atoms with Crippen molar-refractivity contribution in [2.24, 2.45) is 5.92 Å². The Bertz CT molecular complexity index is 106. The molecule has 0 aromatic rings. The maximum Gasteiger partial charge on any atom is 0.0637 e. The van der Waals surface area contributed by atoms with Gasteiger partial charge in [-0.2, -0.15) is 0 Å². The van der Waals surface area contributed by atoms with Crippen LogP contribution >= 0.6 is 0 Å². The quantitative estimate of drug-likeness (QED) is 0.582. The third-order valence-corrected chi connectivity index (χ3v) is 2.60. The third-order valence-electron chi connectivity index (χ3n) is 2.60. The molecule has 2 heteroatoms. The molecule has 0 aromatic carbocycles. The summed E-state index contributed by atoms with van der Waals surface area (Å²) in [7, 11) is 0. The zero-order valence-electron chi connectivity index (χ0n) is 6.31. The molecule has 0 radical (unpaired) electrons. The maximum atomic E-state index is 5.43. The fourth-order valence-corrected chi connectivity index (χ4v) is 1.82. The molecule has 0 unspecified atom stereocenters. The van der Waals surface area contributed by atoms with Gasteiger partial charge in [-0.05, 0) is 31.7 Å². The first-order valence-corrected chi connectivity index (χ1v) is 4.29.